The van der Waals surface area contributed by atoms with Gasteiger partial charge in [-0.25, -0.2) is 13.6 Å². The highest BCUT2D eigenvalue weighted by atomic mass is 19.1. The molecule has 2 amide bonds. The van der Waals surface area contributed by atoms with Crippen LogP contribution >= 0.6 is 0 Å². The number of rotatable bonds is 3. The number of halogens is 2. The highest BCUT2D eigenvalue weighted by Gasteiger charge is 2.09. The van der Waals surface area contributed by atoms with Crippen molar-refractivity contribution in [3.8, 4) is 5.75 Å². The Balaban J connectivity index is 2.08. The SMILES string of the molecule is COc1ccc(NC(=O)Nc2ccc(F)cc2F)c(N)c1. The number of hydrogen-bond donors (Lipinski definition) is 3. The number of hydrogen-bond acceptors (Lipinski definition) is 3. The smallest absolute Gasteiger partial charge is 0.323 e. The van der Waals surface area contributed by atoms with Crippen LogP contribution in [-0.2, 0) is 0 Å². The molecule has 5 nitrogen and oxygen atoms in total. The van der Waals surface area contributed by atoms with E-state index in [9.17, 15) is 13.6 Å². The number of amides is 2. The molecule has 0 saturated carbocycles. The summed E-state index contributed by atoms with van der Waals surface area (Å²) in [5, 5.41) is 4.72. The second kappa shape index (κ2) is 6.08. The van der Waals surface area contributed by atoms with Crippen molar-refractivity contribution in [2.45, 2.75) is 0 Å². The van der Waals surface area contributed by atoms with Crippen molar-refractivity contribution < 1.29 is 18.3 Å². The Morgan fingerprint density at radius 3 is 2.38 bits per heavy atom. The molecule has 0 atom stereocenters. The molecule has 0 unspecified atom stereocenters. The van der Waals surface area contributed by atoms with Gasteiger partial charge in [-0.3, -0.25) is 0 Å². The fourth-order valence-electron chi connectivity index (χ4n) is 1.65. The zero-order valence-electron chi connectivity index (χ0n) is 11.1. The average Bonchev–Trinajstić information content (AvgIpc) is 2.44. The number of methoxy groups -OCH3 is 1. The fourth-order valence-corrected chi connectivity index (χ4v) is 1.65. The lowest BCUT2D eigenvalue weighted by molar-refractivity contribution is 0.262. The second-order valence-corrected chi connectivity index (χ2v) is 4.16. The Morgan fingerprint density at radius 2 is 1.76 bits per heavy atom. The number of ether oxygens (including phenoxy) is 1. The fraction of sp³-hybridized carbons (Fsp3) is 0.0714. The summed E-state index contributed by atoms with van der Waals surface area (Å²) in [7, 11) is 1.49. The minimum absolute atomic E-state index is 0.138. The molecule has 0 radical (unpaired) electrons. The molecule has 0 bridgehead atoms. The first-order valence-corrected chi connectivity index (χ1v) is 5.96. The van der Waals surface area contributed by atoms with Gasteiger partial charge in [-0.15, -0.1) is 0 Å². The van der Waals surface area contributed by atoms with E-state index in [4.69, 9.17) is 10.5 Å². The van der Waals surface area contributed by atoms with Crippen LogP contribution in [0, 0.1) is 11.6 Å². The van der Waals surface area contributed by atoms with Crippen molar-refractivity contribution in [3.05, 3.63) is 48.0 Å². The summed E-state index contributed by atoms with van der Waals surface area (Å²) < 4.78 is 31.1. The van der Waals surface area contributed by atoms with E-state index in [1.54, 1.807) is 12.1 Å². The second-order valence-electron chi connectivity index (χ2n) is 4.16. The van der Waals surface area contributed by atoms with Crippen molar-refractivity contribution >= 4 is 23.1 Å². The number of urea groups is 1. The lowest BCUT2D eigenvalue weighted by atomic mass is 10.2. The normalized spacial score (nSPS) is 10.0. The zero-order valence-corrected chi connectivity index (χ0v) is 11.1. The molecule has 7 heteroatoms. The van der Waals surface area contributed by atoms with Gasteiger partial charge in [0.15, 0.2) is 0 Å². The molecule has 2 aromatic rings. The molecule has 0 fully saturated rings. The van der Waals surface area contributed by atoms with Gasteiger partial charge >= 0.3 is 6.03 Å². The minimum Gasteiger partial charge on any atom is -0.497 e. The molecule has 2 aromatic carbocycles. The van der Waals surface area contributed by atoms with Gasteiger partial charge < -0.3 is 21.1 Å². The van der Waals surface area contributed by atoms with Gasteiger partial charge in [0.05, 0.1) is 24.2 Å². The van der Waals surface area contributed by atoms with Gasteiger partial charge in [-0.2, -0.15) is 0 Å². The first-order valence-electron chi connectivity index (χ1n) is 5.96. The Hall–Kier alpha value is -2.83. The van der Waals surface area contributed by atoms with Crippen molar-refractivity contribution in [2.24, 2.45) is 0 Å². The van der Waals surface area contributed by atoms with Crippen LogP contribution in [0.1, 0.15) is 0 Å². The van der Waals surface area contributed by atoms with E-state index in [1.165, 1.54) is 13.2 Å². The predicted octanol–water partition coefficient (Wildman–Crippen LogP) is 3.20. The Bertz CT molecular complexity index is 677. The van der Waals surface area contributed by atoms with Crippen LogP contribution in [0.4, 0.5) is 30.6 Å². The summed E-state index contributed by atoms with van der Waals surface area (Å²) in [6, 6.07) is 6.85. The maximum Gasteiger partial charge on any atom is 0.323 e. The van der Waals surface area contributed by atoms with Crippen LogP contribution in [0.15, 0.2) is 36.4 Å². The molecular weight excluding hydrogens is 280 g/mol. The van der Waals surface area contributed by atoms with Crippen LogP contribution in [0.3, 0.4) is 0 Å². The van der Waals surface area contributed by atoms with Crippen LogP contribution < -0.4 is 21.1 Å². The monoisotopic (exact) mass is 293 g/mol. The third kappa shape index (κ3) is 3.59. The Labute approximate surface area is 119 Å². The number of anilines is 3. The van der Waals surface area contributed by atoms with Crippen molar-refractivity contribution in [3.63, 3.8) is 0 Å². The molecule has 0 aliphatic carbocycles. The molecule has 0 aliphatic rings. The van der Waals surface area contributed by atoms with Gasteiger partial charge in [0, 0.05) is 12.1 Å². The van der Waals surface area contributed by atoms with Crippen LogP contribution in [0.5, 0.6) is 5.75 Å². The first kappa shape index (κ1) is 14.6. The number of benzene rings is 2. The summed E-state index contributed by atoms with van der Waals surface area (Å²) in [5.74, 6) is -1.05. The van der Waals surface area contributed by atoms with Crippen molar-refractivity contribution in [1.82, 2.24) is 0 Å². The van der Waals surface area contributed by atoms with Crippen LogP contribution in [-0.4, -0.2) is 13.1 Å². The highest BCUT2D eigenvalue weighted by molar-refractivity contribution is 6.01. The summed E-state index contributed by atoms with van der Waals surface area (Å²) in [5.41, 5.74) is 6.24. The minimum atomic E-state index is -0.868. The average molecular weight is 293 g/mol. The van der Waals surface area contributed by atoms with Gasteiger partial charge in [0.25, 0.3) is 0 Å². The molecule has 0 aliphatic heterocycles. The highest BCUT2D eigenvalue weighted by Crippen LogP contribution is 2.24. The number of nitrogens with two attached hydrogens (primary N) is 1. The summed E-state index contributed by atoms with van der Waals surface area (Å²) in [4.78, 5) is 11.8. The zero-order chi connectivity index (χ0) is 15.4. The molecule has 21 heavy (non-hydrogen) atoms. The van der Waals surface area contributed by atoms with E-state index in [0.29, 0.717) is 23.2 Å². The standard InChI is InChI=1S/C14H13F2N3O2/c1-21-9-3-5-13(11(17)7-9)19-14(20)18-12-4-2-8(15)6-10(12)16/h2-7H,17H2,1H3,(H2,18,19,20). The number of carbonyl (C=O) groups is 1. The molecule has 0 aromatic heterocycles. The maximum atomic E-state index is 13.4. The summed E-state index contributed by atoms with van der Waals surface area (Å²) >= 11 is 0. The number of nitrogen functional groups attached to an aromatic ring is 1. The maximum absolute atomic E-state index is 13.4. The summed E-state index contributed by atoms with van der Waals surface area (Å²) in [6.07, 6.45) is 0. The lowest BCUT2D eigenvalue weighted by Gasteiger charge is -2.11. The molecule has 4 N–H and O–H groups in total. The van der Waals surface area contributed by atoms with Crippen molar-refractivity contribution in [2.75, 3.05) is 23.5 Å². The van der Waals surface area contributed by atoms with E-state index < -0.39 is 17.7 Å². The van der Waals surface area contributed by atoms with Gasteiger partial charge in [-0.1, -0.05) is 0 Å². The third-order valence-corrected chi connectivity index (χ3v) is 2.69. The third-order valence-electron chi connectivity index (χ3n) is 2.69. The van der Waals surface area contributed by atoms with Gasteiger partial charge in [0.1, 0.15) is 17.4 Å². The first-order chi connectivity index (χ1) is 9.99. The number of carbonyl (C=O) groups excluding carboxylic acids is 1. The molecular formula is C14H13F2N3O2. The molecule has 110 valence electrons. The number of nitrogens with one attached hydrogen (secondary N) is 2. The predicted molar refractivity (Wildman–Crippen MR) is 76.4 cm³/mol. The van der Waals surface area contributed by atoms with E-state index in [0.717, 1.165) is 12.1 Å². The lowest BCUT2D eigenvalue weighted by Crippen LogP contribution is -2.20. The van der Waals surface area contributed by atoms with E-state index in [1.807, 2.05) is 0 Å². The van der Waals surface area contributed by atoms with E-state index in [-0.39, 0.29) is 5.69 Å². The Morgan fingerprint density at radius 1 is 1.10 bits per heavy atom. The summed E-state index contributed by atoms with van der Waals surface area (Å²) in [6.45, 7) is 0. The van der Waals surface area contributed by atoms with Crippen LogP contribution in [0.2, 0.25) is 0 Å². The Kier molecular flexibility index (Phi) is 4.22. The molecule has 0 spiro atoms. The van der Waals surface area contributed by atoms with Gasteiger partial charge in [-0.05, 0) is 24.3 Å². The molecule has 0 heterocycles. The quantitative estimate of drug-likeness (QED) is 0.761. The molecule has 0 saturated heterocycles. The van der Waals surface area contributed by atoms with Crippen LogP contribution in [0.25, 0.3) is 0 Å². The molecule has 2 rings (SSSR count). The van der Waals surface area contributed by atoms with Crippen molar-refractivity contribution in [1.29, 1.82) is 0 Å². The van der Waals surface area contributed by atoms with Gasteiger partial charge in [0.2, 0.25) is 0 Å². The largest absolute Gasteiger partial charge is 0.497 e. The topological polar surface area (TPSA) is 76.4 Å². The van der Waals surface area contributed by atoms with E-state index >= 15 is 0 Å². The van der Waals surface area contributed by atoms with E-state index in [2.05, 4.69) is 10.6 Å².